The molecule has 1 unspecified atom stereocenters. The van der Waals surface area contributed by atoms with E-state index in [9.17, 15) is 8.78 Å². The van der Waals surface area contributed by atoms with Gasteiger partial charge in [-0.15, -0.1) is 0 Å². The highest BCUT2D eigenvalue weighted by atomic mass is 35.5. The lowest BCUT2D eigenvalue weighted by atomic mass is 9.81. The molecular formula is C15H14ClF2N. The predicted octanol–water partition coefficient (Wildman–Crippen LogP) is 4.23. The van der Waals surface area contributed by atoms with Crippen molar-refractivity contribution in [2.75, 3.05) is 0 Å². The molecule has 0 spiro atoms. The van der Waals surface area contributed by atoms with Crippen LogP contribution in [0.2, 0.25) is 5.02 Å². The highest BCUT2D eigenvalue weighted by molar-refractivity contribution is 6.30. The molecule has 0 saturated heterocycles. The van der Waals surface area contributed by atoms with Gasteiger partial charge in [-0.25, -0.2) is 8.78 Å². The van der Waals surface area contributed by atoms with Gasteiger partial charge in [-0.1, -0.05) is 36.7 Å². The van der Waals surface area contributed by atoms with E-state index in [1.807, 2.05) is 6.92 Å². The Bertz CT molecular complexity index is 600. The van der Waals surface area contributed by atoms with E-state index in [0.29, 0.717) is 22.6 Å². The zero-order valence-electron chi connectivity index (χ0n) is 10.5. The van der Waals surface area contributed by atoms with Crippen LogP contribution in [0.5, 0.6) is 0 Å². The van der Waals surface area contributed by atoms with Gasteiger partial charge in [0.05, 0.1) is 5.54 Å². The first-order valence-corrected chi connectivity index (χ1v) is 6.35. The molecule has 2 rings (SSSR count). The largest absolute Gasteiger partial charge is 0.318 e. The Morgan fingerprint density at radius 2 is 1.89 bits per heavy atom. The van der Waals surface area contributed by atoms with Gasteiger partial charge in [-0.3, -0.25) is 0 Å². The third kappa shape index (κ3) is 2.62. The molecule has 2 N–H and O–H groups in total. The van der Waals surface area contributed by atoms with Gasteiger partial charge in [0, 0.05) is 10.6 Å². The molecule has 0 aromatic heterocycles. The van der Waals surface area contributed by atoms with Gasteiger partial charge in [0.25, 0.3) is 0 Å². The number of benzene rings is 2. The zero-order chi connectivity index (χ0) is 14.0. The molecule has 4 heteroatoms. The molecule has 2 aromatic carbocycles. The monoisotopic (exact) mass is 281 g/mol. The van der Waals surface area contributed by atoms with Crippen LogP contribution in [0.4, 0.5) is 8.78 Å². The first kappa shape index (κ1) is 14.0. The van der Waals surface area contributed by atoms with E-state index in [4.69, 9.17) is 17.3 Å². The van der Waals surface area contributed by atoms with E-state index >= 15 is 0 Å². The molecule has 0 amide bonds. The lowest BCUT2D eigenvalue weighted by molar-refractivity contribution is 0.476. The van der Waals surface area contributed by atoms with Gasteiger partial charge in [-0.05, 0) is 36.2 Å². The summed E-state index contributed by atoms with van der Waals surface area (Å²) in [5.74, 6) is -0.878. The van der Waals surface area contributed by atoms with Crippen LogP contribution < -0.4 is 5.73 Å². The minimum Gasteiger partial charge on any atom is -0.318 e. The summed E-state index contributed by atoms with van der Waals surface area (Å²) in [6, 6.07) is 10.3. The number of halogens is 3. The molecule has 1 nitrogen and oxygen atoms in total. The lowest BCUT2D eigenvalue weighted by Crippen LogP contribution is -2.38. The molecule has 0 aliphatic heterocycles. The predicted molar refractivity (Wildman–Crippen MR) is 73.1 cm³/mol. The molecule has 0 heterocycles. The van der Waals surface area contributed by atoms with Crippen LogP contribution in [0.1, 0.15) is 24.5 Å². The van der Waals surface area contributed by atoms with Crippen molar-refractivity contribution in [3.05, 3.63) is 70.2 Å². The van der Waals surface area contributed by atoms with Crippen molar-refractivity contribution >= 4 is 11.6 Å². The van der Waals surface area contributed by atoms with Gasteiger partial charge in [-0.2, -0.15) is 0 Å². The van der Waals surface area contributed by atoms with Crippen LogP contribution >= 0.6 is 11.6 Å². The maximum atomic E-state index is 14.1. The molecule has 0 aliphatic carbocycles. The minimum atomic E-state index is -1.07. The molecule has 0 bridgehead atoms. The quantitative estimate of drug-likeness (QED) is 0.895. The average molecular weight is 282 g/mol. The third-order valence-corrected chi connectivity index (χ3v) is 3.54. The van der Waals surface area contributed by atoms with E-state index in [1.54, 1.807) is 24.3 Å². The number of hydrogen-bond acceptors (Lipinski definition) is 1. The SMILES string of the molecule is CCC(N)(c1cccc(F)c1)c1ccc(Cl)cc1F. The summed E-state index contributed by atoms with van der Waals surface area (Å²) in [7, 11) is 0. The molecule has 2 aromatic rings. The molecule has 0 saturated carbocycles. The number of hydrogen-bond donors (Lipinski definition) is 1. The van der Waals surface area contributed by atoms with Crippen molar-refractivity contribution in [3.63, 3.8) is 0 Å². The Morgan fingerprint density at radius 1 is 1.16 bits per heavy atom. The summed E-state index contributed by atoms with van der Waals surface area (Å²) in [5.41, 5.74) is 6.09. The van der Waals surface area contributed by atoms with E-state index in [1.165, 1.54) is 18.2 Å². The topological polar surface area (TPSA) is 26.0 Å². The molecule has 19 heavy (non-hydrogen) atoms. The van der Waals surface area contributed by atoms with Crippen LogP contribution in [0.25, 0.3) is 0 Å². The summed E-state index contributed by atoms with van der Waals surface area (Å²) in [4.78, 5) is 0. The smallest absolute Gasteiger partial charge is 0.130 e. The highest BCUT2D eigenvalue weighted by Crippen LogP contribution is 2.33. The van der Waals surface area contributed by atoms with Crippen LogP contribution in [-0.4, -0.2) is 0 Å². The summed E-state index contributed by atoms with van der Waals surface area (Å²) in [6.07, 6.45) is 0.439. The fraction of sp³-hybridized carbons (Fsp3) is 0.200. The molecular weight excluding hydrogens is 268 g/mol. The first-order chi connectivity index (χ1) is 8.97. The van der Waals surface area contributed by atoms with E-state index in [2.05, 4.69) is 0 Å². The number of nitrogens with two attached hydrogens (primary N) is 1. The first-order valence-electron chi connectivity index (χ1n) is 5.98. The van der Waals surface area contributed by atoms with Crippen molar-refractivity contribution in [1.82, 2.24) is 0 Å². The number of rotatable bonds is 3. The standard InChI is InChI=1S/C15H14ClF2N/c1-2-15(19,10-4-3-5-12(17)8-10)13-7-6-11(16)9-14(13)18/h3-9H,2,19H2,1H3. The Labute approximate surface area is 116 Å². The van der Waals surface area contributed by atoms with Gasteiger partial charge in [0.15, 0.2) is 0 Å². The second-order valence-electron chi connectivity index (χ2n) is 4.46. The van der Waals surface area contributed by atoms with E-state index in [0.717, 1.165) is 0 Å². The van der Waals surface area contributed by atoms with Gasteiger partial charge < -0.3 is 5.73 Å². The Morgan fingerprint density at radius 3 is 2.47 bits per heavy atom. The van der Waals surface area contributed by atoms with Crippen molar-refractivity contribution in [2.45, 2.75) is 18.9 Å². The summed E-state index contributed by atoms with van der Waals surface area (Å²) >= 11 is 5.74. The minimum absolute atomic E-state index is 0.305. The highest BCUT2D eigenvalue weighted by Gasteiger charge is 2.30. The van der Waals surface area contributed by atoms with Gasteiger partial charge in [0.1, 0.15) is 11.6 Å². The van der Waals surface area contributed by atoms with Gasteiger partial charge >= 0.3 is 0 Å². The maximum absolute atomic E-state index is 14.1. The van der Waals surface area contributed by atoms with Crippen LogP contribution in [0, 0.1) is 11.6 Å². The Kier molecular flexibility index (Phi) is 3.88. The molecule has 0 radical (unpaired) electrons. The Balaban J connectivity index is 2.59. The summed E-state index contributed by atoms with van der Waals surface area (Å²) in [5, 5.41) is 0.305. The van der Waals surface area contributed by atoms with E-state index < -0.39 is 17.2 Å². The van der Waals surface area contributed by atoms with Crippen LogP contribution in [0.3, 0.4) is 0 Å². The summed E-state index contributed by atoms with van der Waals surface area (Å²) < 4.78 is 27.4. The normalized spacial score (nSPS) is 14.2. The summed E-state index contributed by atoms with van der Waals surface area (Å²) in [6.45, 7) is 1.83. The molecule has 0 aliphatic rings. The van der Waals surface area contributed by atoms with Crippen molar-refractivity contribution < 1.29 is 8.78 Å². The molecule has 0 fully saturated rings. The average Bonchev–Trinajstić information content (AvgIpc) is 2.38. The fourth-order valence-corrected chi connectivity index (χ4v) is 2.33. The molecule has 100 valence electrons. The van der Waals surface area contributed by atoms with Crippen molar-refractivity contribution in [2.24, 2.45) is 5.73 Å². The van der Waals surface area contributed by atoms with Gasteiger partial charge in [0.2, 0.25) is 0 Å². The van der Waals surface area contributed by atoms with Crippen LogP contribution in [-0.2, 0) is 5.54 Å². The molecule has 1 atom stereocenters. The van der Waals surface area contributed by atoms with Crippen molar-refractivity contribution in [3.8, 4) is 0 Å². The van der Waals surface area contributed by atoms with Crippen LogP contribution in [0.15, 0.2) is 42.5 Å². The Hall–Kier alpha value is -1.45. The third-order valence-electron chi connectivity index (χ3n) is 3.31. The van der Waals surface area contributed by atoms with E-state index in [-0.39, 0.29) is 0 Å². The second kappa shape index (κ2) is 5.27. The second-order valence-corrected chi connectivity index (χ2v) is 4.90. The maximum Gasteiger partial charge on any atom is 0.130 e. The van der Waals surface area contributed by atoms with Crippen molar-refractivity contribution in [1.29, 1.82) is 0 Å². The fourth-order valence-electron chi connectivity index (χ4n) is 2.17. The lowest BCUT2D eigenvalue weighted by Gasteiger charge is -2.30. The zero-order valence-corrected chi connectivity index (χ0v) is 11.2.